The molecule has 0 saturated carbocycles. The van der Waals surface area contributed by atoms with Gasteiger partial charge in [-0.1, -0.05) is 26.7 Å². The zero-order valence-corrected chi connectivity index (χ0v) is 10.2. The second-order valence-electron chi connectivity index (χ2n) is 4.08. The Morgan fingerprint density at radius 2 is 2.13 bits per heavy atom. The molecule has 0 fully saturated rings. The van der Waals surface area contributed by atoms with E-state index in [0.717, 1.165) is 12.3 Å². The molecule has 1 aromatic heterocycles. The topological polar surface area (TPSA) is 25.2 Å². The third kappa shape index (κ3) is 3.71. The van der Waals surface area contributed by atoms with E-state index in [9.17, 15) is 0 Å². The van der Waals surface area contributed by atoms with Crippen LogP contribution in [-0.4, -0.2) is 6.54 Å². The van der Waals surface area contributed by atoms with Crippen molar-refractivity contribution in [2.75, 3.05) is 6.54 Å². The van der Waals surface area contributed by atoms with Gasteiger partial charge in [-0.05, 0) is 32.4 Å². The van der Waals surface area contributed by atoms with Gasteiger partial charge >= 0.3 is 0 Å². The van der Waals surface area contributed by atoms with E-state index in [1.54, 1.807) is 6.26 Å². The van der Waals surface area contributed by atoms with Gasteiger partial charge in [-0.15, -0.1) is 0 Å². The van der Waals surface area contributed by atoms with Gasteiger partial charge in [-0.2, -0.15) is 0 Å². The zero-order valence-electron chi connectivity index (χ0n) is 10.2. The van der Waals surface area contributed by atoms with Gasteiger partial charge in [0.25, 0.3) is 0 Å². The van der Waals surface area contributed by atoms with E-state index in [1.165, 1.54) is 31.2 Å². The molecule has 0 aliphatic heterocycles. The van der Waals surface area contributed by atoms with Crippen molar-refractivity contribution in [3.05, 3.63) is 23.7 Å². The van der Waals surface area contributed by atoms with Gasteiger partial charge in [0.15, 0.2) is 0 Å². The summed E-state index contributed by atoms with van der Waals surface area (Å²) in [6.45, 7) is 7.56. The molecule has 2 nitrogen and oxygen atoms in total. The maximum atomic E-state index is 5.37. The standard InChI is InChI=1S/C13H23NO/c1-4-6-7-13(14-9-5-2)12-8-10-15-11(12)3/h8,10,13-14H,4-7,9H2,1-3H3. The molecule has 1 aromatic rings. The van der Waals surface area contributed by atoms with Crippen LogP contribution in [0.3, 0.4) is 0 Å². The molecule has 1 heterocycles. The van der Waals surface area contributed by atoms with Crippen molar-refractivity contribution < 1.29 is 4.42 Å². The number of hydrogen-bond acceptors (Lipinski definition) is 2. The molecule has 0 saturated heterocycles. The first-order chi connectivity index (χ1) is 7.29. The van der Waals surface area contributed by atoms with E-state index in [-0.39, 0.29) is 0 Å². The van der Waals surface area contributed by atoms with E-state index in [4.69, 9.17) is 4.42 Å². The van der Waals surface area contributed by atoms with Crippen molar-refractivity contribution in [1.29, 1.82) is 0 Å². The Kier molecular flexibility index (Phi) is 5.48. The van der Waals surface area contributed by atoms with Crippen molar-refractivity contribution in [1.82, 2.24) is 5.32 Å². The van der Waals surface area contributed by atoms with Crippen LogP contribution in [0.25, 0.3) is 0 Å². The molecular weight excluding hydrogens is 186 g/mol. The van der Waals surface area contributed by atoms with Crippen molar-refractivity contribution in [3.63, 3.8) is 0 Å². The second-order valence-corrected chi connectivity index (χ2v) is 4.08. The molecule has 0 radical (unpaired) electrons. The SMILES string of the molecule is CCCCC(NCCC)c1ccoc1C. The van der Waals surface area contributed by atoms with Crippen molar-refractivity contribution in [2.45, 2.75) is 52.5 Å². The summed E-state index contributed by atoms with van der Waals surface area (Å²) >= 11 is 0. The van der Waals surface area contributed by atoms with Crippen LogP contribution in [0.1, 0.15) is 56.9 Å². The van der Waals surface area contributed by atoms with Crippen molar-refractivity contribution in [2.24, 2.45) is 0 Å². The summed E-state index contributed by atoms with van der Waals surface area (Å²) in [7, 11) is 0. The van der Waals surface area contributed by atoms with Crippen LogP contribution >= 0.6 is 0 Å². The summed E-state index contributed by atoms with van der Waals surface area (Å²) in [6, 6.07) is 2.57. The lowest BCUT2D eigenvalue weighted by Crippen LogP contribution is -2.22. The number of hydrogen-bond donors (Lipinski definition) is 1. The summed E-state index contributed by atoms with van der Waals surface area (Å²) in [6.07, 6.45) is 6.70. The average Bonchev–Trinajstić information content (AvgIpc) is 2.65. The lowest BCUT2D eigenvalue weighted by atomic mass is 10.0. The third-order valence-corrected chi connectivity index (χ3v) is 2.76. The summed E-state index contributed by atoms with van der Waals surface area (Å²) in [5.41, 5.74) is 1.33. The molecule has 0 amide bonds. The minimum Gasteiger partial charge on any atom is -0.469 e. The Hall–Kier alpha value is -0.760. The first-order valence-corrected chi connectivity index (χ1v) is 6.07. The Morgan fingerprint density at radius 3 is 2.67 bits per heavy atom. The van der Waals surface area contributed by atoms with Crippen molar-refractivity contribution >= 4 is 0 Å². The van der Waals surface area contributed by atoms with Gasteiger partial charge in [0.05, 0.1) is 6.26 Å². The highest BCUT2D eigenvalue weighted by molar-refractivity contribution is 5.20. The highest BCUT2D eigenvalue weighted by Crippen LogP contribution is 2.23. The largest absolute Gasteiger partial charge is 0.469 e. The molecule has 15 heavy (non-hydrogen) atoms. The molecule has 1 N–H and O–H groups in total. The monoisotopic (exact) mass is 209 g/mol. The van der Waals surface area contributed by atoms with Crippen LogP contribution in [0.2, 0.25) is 0 Å². The fourth-order valence-corrected chi connectivity index (χ4v) is 1.85. The summed E-state index contributed by atoms with van der Waals surface area (Å²) in [5.74, 6) is 1.06. The summed E-state index contributed by atoms with van der Waals surface area (Å²) in [5, 5.41) is 3.59. The fraction of sp³-hybridized carbons (Fsp3) is 0.692. The molecule has 0 bridgehead atoms. The number of furan rings is 1. The summed E-state index contributed by atoms with van der Waals surface area (Å²) in [4.78, 5) is 0. The summed E-state index contributed by atoms with van der Waals surface area (Å²) < 4.78 is 5.37. The molecule has 1 rings (SSSR count). The quantitative estimate of drug-likeness (QED) is 0.738. The van der Waals surface area contributed by atoms with Crippen molar-refractivity contribution in [3.8, 4) is 0 Å². The van der Waals surface area contributed by atoms with Gasteiger partial charge in [-0.3, -0.25) is 0 Å². The minimum absolute atomic E-state index is 0.476. The maximum absolute atomic E-state index is 5.37. The molecule has 0 aliphatic rings. The van der Waals surface area contributed by atoms with Crippen LogP contribution in [0.5, 0.6) is 0 Å². The number of nitrogens with one attached hydrogen (secondary N) is 1. The van der Waals surface area contributed by atoms with Crippen LogP contribution in [0.4, 0.5) is 0 Å². The molecule has 0 aromatic carbocycles. The normalized spacial score (nSPS) is 13.0. The predicted molar refractivity (Wildman–Crippen MR) is 64.0 cm³/mol. The van der Waals surface area contributed by atoms with E-state index in [1.807, 2.05) is 6.92 Å². The Labute approximate surface area is 93.1 Å². The molecule has 86 valence electrons. The Morgan fingerprint density at radius 1 is 1.33 bits per heavy atom. The third-order valence-electron chi connectivity index (χ3n) is 2.76. The number of rotatable bonds is 7. The molecule has 2 heteroatoms. The Bertz CT molecular complexity index is 259. The number of aryl methyl sites for hydroxylation is 1. The second kappa shape index (κ2) is 6.67. The zero-order chi connectivity index (χ0) is 11.1. The average molecular weight is 209 g/mol. The highest BCUT2D eigenvalue weighted by Gasteiger charge is 2.13. The van der Waals surface area contributed by atoms with Crippen LogP contribution in [0.15, 0.2) is 16.7 Å². The molecule has 1 atom stereocenters. The van der Waals surface area contributed by atoms with Crippen LogP contribution < -0.4 is 5.32 Å². The smallest absolute Gasteiger partial charge is 0.105 e. The molecule has 0 spiro atoms. The van der Waals surface area contributed by atoms with Gasteiger partial charge in [0.1, 0.15) is 5.76 Å². The first-order valence-electron chi connectivity index (χ1n) is 6.07. The lowest BCUT2D eigenvalue weighted by Gasteiger charge is -2.17. The van der Waals surface area contributed by atoms with E-state index in [0.29, 0.717) is 6.04 Å². The predicted octanol–water partition coefficient (Wildman–Crippen LogP) is 3.82. The van der Waals surface area contributed by atoms with E-state index < -0.39 is 0 Å². The highest BCUT2D eigenvalue weighted by atomic mass is 16.3. The fourth-order valence-electron chi connectivity index (χ4n) is 1.85. The van der Waals surface area contributed by atoms with Gasteiger partial charge in [-0.25, -0.2) is 0 Å². The first kappa shape index (κ1) is 12.3. The molecule has 1 unspecified atom stereocenters. The number of unbranched alkanes of at least 4 members (excludes halogenated alkanes) is 1. The van der Waals surface area contributed by atoms with E-state index >= 15 is 0 Å². The molecule has 0 aliphatic carbocycles. The van der Waals surface area contributed by atoms with Crippen LogP contribution in [0, 0.1) is 6.92 Å². The maximum Gasteiger partial charge on any atom is 0.105 e. The van der Waals surface area contributed by atoms with Gasteiger partial charge in [0, 0.05) is 11.6 Å². The van der Waals surface area contributed by atoms with Crippen LogP contribution in [-0.2, 0) is 0 Å². The van der Waals surface area contributed by atoms with Gasteiger partial charge in [0.2, 0.25) is 0 Å². The minimum atomic E-state index is 0.476. The Balaban J connectivity index is 2.58. The lowest BCUT2D eigenvalue weighted by molar-refractivity contribution is 0.464. The molecular formula is C13H23NO. The van der Waals surface area contributed by atoms with Gasteiger partial charge < -0.3 is 9.73 Å². The van der Waals surface area contributed by atoms with E-state index in [2.05, 4.69) is 25.2 Å².